The van der Waals surface area contributed by atoms with Crippen molar-refractivity contribution in [1.29, 1.82) is 0 Å². The lowest BCUT2D eigenvalue weighted by molar-refractivity contribution is -0.142. The van der Waals surface area contributed by atoms with Crippen LogP contribution < -0.4 is 10.2 Å². The number of rotatable bonds is 6. The summed E-state index contributed by atoms with van der Waals surface area (Å²) < 4.78 is 0. The van der Waals surface area contributed by atoms with Crippen molar-refractivity contribution in [1.82, 2.24) is 10.2 Å². The third-order valence-electron chi connectivity index (χ3n) is 6.10. The molecule has 2 amide bonds. The number of nitrogens with one attached hydrogen (secondary N) is 1. The summed E-state index contributed by atoms with van der Waals surface area (Å²) >= 11 is 13.0. The molecule has 1 atom stereocenters. The lowest BCUT2D eigenvalue weighted by Gasteiger charge is -2.31. The highest BCUT2D eigenvalue weighted by atomic mass is 35.5. The first kappa shape index (κ1) is 24.4. The van der Waals surface area contributed by atoms with E-state index < -0.39 is 12.0 Å². The Morgan fingerprint density at radius 1 is 1.06 bits per heavy atom. The second-order valence-corrected chi connectivity index (χ2v) is 9.11. The number of hydrogen-bond acceptors (Lipinski definition) is 4. The number of amides is 2. The Kier molecular flexibility index (Phi) is 8.43. The minimum atomic E-state index is -1.07. The normalized spacial score (nSPS) is 18.6. The van der Waals surface area contributed by atoms with E-state index >= 15 is 0 Å². The summed E-state index contributed by atoms with van der Waals surface area (Å²) in [6.45, 7) is 4.23. The zero-order valence-corrected chi connectivity index (χ0v) is 19.7. The van der Waals surface area contributed by atoms with Crippen LogP contribution >= 0.6 is 23.2 Å². The summed E-state index contributed by atoms with van der Waals surface area (Å²) in [7, 11) is 0. The van der Waals surface area contributed by atoms with Crippen LogP contribution in [0, 0.1) is 5.92 Å². The molecule has 0 spiro atoms. The van der Waals surface area contributed by atoms with Gasteiger partial charge in [-0.3, -0.25) is 14.4 Å². The van der Waals surface area contributed by atoms with E-state index in [0.717, 1.165) is 31.6 Å². The number of nitrogens with zero attached hydrogens (tertiary/aromatic N) is 2. The van der Waals surface area contributed by atoms with E-state index in [-0.39, 0.29) is 17.7 Å². The summed E-state index contributed by atoms with van der Waals surface area (Å²) in [5.41, 5.74) is 1.61. The van der Waals surface area contributed by atoms with Gasteiger partial charge in [0.05, 0.1) is 15.7 Å². The van der Waals surface area contributed by atoms with Gasteiger partial charge in [-0.2, -0.15) is 0 Å². The minimum absolute atomic E-state index is 0.157. The minimum Gasteiger partial charge on any atom is -0.480 e. The molecule has 0 radical (unpaired) electrons. The number of halogens is 2. The number of carbonyl (C=O) groups is 3. The van der Waals surface area contributed by atoms with E-state index in [2.05, 4.69) is 10.2 Å². The quantitative estimate of drug-likeness (QED) is 0.602. The van der Waals surface area contributed by atoms with Gasteiger partial charge < -0.3 is 20.2 Å². The van der Waals surface area contributed by atoms with Crippen LogP contribution in [0.5, 0.6) is 0 Å². The molecular weight excluding hydrogens is 453 g/mol. The first-order chi connectivity index (χ1) is 15.3. The van der Waals surface area contributed by atoms with Crippen molar-refractivity contribution in [2.24, 2.45) is 5.92 Å². The highest BCUT2D eigenvalue weighted by molar-refractivity contribution is 6.44. The maximum absolute atomic E-state index is 12.6. The van der Waals surface area contributed by atoms with Crippen molar-refractivity contribution in [2.45, 2.75) is 45.1 Å². The number of likely N-dealkylation sites (tertiary alicyclic amines) is 1. The van der Waals surface area contributed by atoms with Crippen LogP contribution in [0.25, 0.3) is 6.08 Å². The second kappa shape index (κ2) is 11.1. The highest BCUT2D eigenvalue weighted by Gasteiger charge is 2.28. The van der Waals surface area contributed by atoms with E-state index in [1.165, 1.54) is 19.4 Å². The standard InChI is InChI=1S/C23H29Cl2N3O4/c1-15(23(31)32)26-22(30)17-9-13-28(14-10-17)19(29)8-6-16-5-7-18(21(25)20(16)24)27-11-3-2-4-12-27/h5-8,15,17H,2-4,9-14H2,1H3,(H,26,30)(H,31,32). The zero-order valence-electron chi connectivity index (χ0n) is 18.2. The molecule has 2 saturated heterocycles. The summed E-state index contributed by atoms with van der Waals surface area (Å²) in [6, 6.07) is 2.90. The van der Waals surface area contributed by atoms with Gasteiger partial charge >= 0.3 is 5.97 Å². The van der Waals surface area contributed by atoms with E-state index in [1.807, 2.05) is 12.1 Å². The molecule has 0 aromatic heterocycles. The fourth-order valence-electron chi connectivity index (χ4n) is 4.08. The second-order valence-electron chi connectivity index (χ2n) is 8.35. The van der Waals surface area contributed by atoms with Crippen LogP contribution in [-0.2, 0) is 14.4 Å². The maximum Gasteiger partial charge on any atom is 0.325 e. The molecule has 3 rings (SSSR count). The fourth-order valence-corrected chi connectivity index (χ4v) is 4.60. The molecule has 2 N–H and O–H groups in total. The van der Waals surface area contributed by atoms with Gasteiger partial charge in [-0.25, -0.2) is 0 Å². The third-order valence-corrected chi connectivity index (χ3v) is 6.99. The molecule has 7 nitrogen and oxygen atoms in total. The molecule has 2 aliphatic rings. The number of carbonyl (C=O) groups excluding carboxylic acids is 2. The Morgan fingerprint density at radius 3 is 2.34 bits per heavy atom. The van der Waals surface area contributed by atoms with Crippen LogP contribution in [0.2, 0.25) is 10.0 Å². The van der Waals surface area contributed by atoms with Crippen molar-refractivity contribution in [2.75, 3.05) is 31.1 Å². The molecule has 174 valence electrons. The number of anilines is 1. The Labute approximate surface area is 198 Å². The van der Waals surface area contributed by atoms with Gasteiger partial charge in [0, 0.05) is 38.2 Å². The topological polar surface area (TPSA) is 90.0 Å². The molecule has 9 heteroatoms. The molecule has 2 aliphatic heterocycles. The molecule has 2 fully saturated rings. The summed E-state index contributed by atoms with van der Waals surface area (Å²) in [5, 5.41) is 12.4. The Bertz CT molecular complexity index is 891. The highest BCUT2D eigenvalue weighted by Crippen LogP contribution is 2.37. The number of piperidine rings is 2. The largest absolute Gasteiger partial charge is 0.480 e. The van der Waals surface area contributed by atoms with Gasteiger partial charge in [0.1, 0.15) is 6.04 Å². The fraction of sp³-hybridized carbons (Fsp3) is 0.522. The van der Waals surface area contributed by atoms with Gasteiger partial charge in [0.2, 0.25) is 11.8 Å². The SMILES string of the molecule is CC(NC(=O)C1CCN(C(=O)C=Cc2ccc(N3CCCCC3)c(Cl)c2Cl)CC1)C(=O)O. The number of carboxylic acids is 1. The van der Waals surface area contributed by atoms with E-state index in [0.29, 0.717) is 41.5 Å². The molecule has 1 unspecified atom stereocenters. The van der Waals surface area contributed by atoms with E-state index in [9.17, 15) is 14.4 Å². The molecule has 1 aromatic rings. The van der Waals surface area contributed by atoms with Crippen molar-refractivity contribution >= 4 is 52.7 Å². The number of carboxylic acid groups (broad SMARTS) is 1. The van der Waals surface area contributed by atoms with Gasteiger partial charge in [0.25, 0.3) is 0 Å². The average molecular weight is 482 g/mol. The van der Waals surface area contributed by atoms with Crippen molar-refractivity contribution < 1.29 is 19.5 Å². The van der Waals surface area contributed by atoms with E-state index in [4.69, 9.17) is 28.3 Å². The molecular formula is C23H29Cl2N3O4. The first-order valence-electron chi connectivity index (χ1n) is 11.0. The van der Waals surface area contributed by atoms with Gasteiger partial charge in [-0.15, -0.1) is 0 Å². The van der Waals surface area contributed by atoms with E-state index in [1.54, 1.807) is 11.0 Å². The van der Waals surface area contributed by atoms with Crippen molar-refractivity contribution in [3.8, 4) is 0 Å². The summed E-state index contributed by atoms with van der Waals surface area (Å²) in [4.78, 5) is 39.6. The predicted octanol–water partition coefficient (Wildman–Crippen LogP) is 3.82. The monoisotopic (exact) mass is 481 g/mol. The third kappa shape index (κ3) is 5.95. The van der Waals surface area contributed by atoms with Crippen LogP contribution in [-0.4, -0.2) is 60.0 Å². The predicted molar refractivity (Wildman–Crippen MR) is 126 cm³/mol. The molecule has 0 saturated carbocycles. The van der Waals surface area contributed by atoms with Gasteiger partial charge in [-0.1, -0.05) is 29.3 Å². The van der Waals surface area contributed by atoms with Gasteiger partial charge in [0.15, 0.2) is 0 Å². The lowest BCUT2D eigenvalue weighted by atomic mass is 9.95. The van der Waals surface area contributed by atoms with Crippen LogP contribution in [0.3, 0.4) is 0 Å². The maximum atomic E-state index is 12.6. The van der Waals surface area contributed by atoms with Crippen LogP contribution in [0.15, 0.2) is 18.2 Å². The first-order valence-corrected chi connectivity index (χ1v) is 11.8. The smallest absolute Gasteiger partial charge is 0.325 e. The molecule has 0 bridgehead atoms. The Morgan fingerprint density at radius 2 is 1.72 bits per heavy atom. The van der Waals surface area contributed by atoms with Crippen molar-refractivity contribution in [3.05, 3.63) is 33.8 Å². The van der Waals surface area contributed by atoms with Crippen LogP contribution in [0.1, 0.15) is 44.6 Å². The molecule has 0 aliphatic carbocycles. The number of benzene rings is 1. The molecule has 1 aromatic carbocycles. The molecule has 32 heavy (non-hydrogen) atoms. The Hall–Kier alpha value is -2.25. The van der Waals surface area contributed by atoms with Gasteiger partial charge in [-0.05, 0) is 56.7 Å². The average Bonchev–Trinajstić information content (AvgIpc) is 2.80. The number of hydrogen-bond donors (Lipinski definition) is 2. The lowest BCUT2D eigenvalue weighted by Crippen LogP contribution is -2.46. The van der Waals surface area contributed by atoms with Crippen molar-refractivity contribution in [3.63, 3.8) is 0 Å². The number of aliphatic carboxylic acids is 1. The zero-order chi connectivity index (χ0) is 23.3. The van der Waals surface area contributed by atoms with Crippen LogP contribution in [0.4, 0.5) is 5.69 Å². The summed E-state index contributed by atoms with van der Waals surface area (Å²) in [6.07, 6.45) is 7.65. The Balaban J connectivity index is 1.56. The molecule has 2 heterocycles. The summed E-state index contributed by atoms with van der Waals surface area (Å²) in [5.74, 6) is -1.80.